The molecule has 2 aromatic rings. The van der Waals surface area contributed by atoms with Crippen LogP contribution >= 0.6 is 0 Å². The topological polar surface area (TPSA) is 84.3 Å². The first-order chi connectivity index (χ1) is 16.2. The van der Waals surface area contributed by atoms with Crippen LogP contribution in [0.15, 0.2) is 41.6 Å². The summed E-state index contributed by atoms with van der Waals surface area (Å²) >= 11 is 0. The Morgan fingerprint density at radius 3 is 2.62 bits per heavy atom. The lowest BCUT2D eigenvalue weighted by Crippen LogP contribution is -2.40. The minimum atomic E-state index is -0.652. The molecule has 1 aliphatic heterocycles. The highest BCUT2D eigenvalue weighted by molar-refractivity contribution is 5.82. The summed E-state index contributed by atoms with van der Waals surface area (Å²) in [5.74, 6) is -0.0709. The van der Waals surface area contributed by atoms with Crippen LogP contribution in [0, 0.1) is 12.8 Å². The van der Waals surface area contributed by atoms with Crippen molar-refractivity contribution in [1.29, 1.82) is 0 Å². The fraction of sp³-hybridized carbons (Fsp3) is 0.556. The molecule has 1 aliphatic rings. The molecule has 3 atom stereocenters. The number of pyridine rings is 2. The van der Waals surface area contributed by atoms with E-state index in [9.17, 15) is 14.4 Å². The number of piperidine rings is 1. The summed E-state index contributed by atoms with van der Waals surface area (Å²) in [6.45, 7) is 10.6. The number of aryl methyl sites for hydroxylation is 1. The van der Waals surface area contributed by atoms with E-state index in [2.05, 4.69) is 22.1 Å². The summed E-state index contributed by atoms with van der Waals surface area (Å²) in [6.07, 6.45) is 9.46. The summed E-state index contributed by atoms with van der Waals surface area (Å²) in [7, 11) is 0. The standard InChI is InChI=1S/C27H38N4O3/c1-18(2)12-25(31-11-9-19(3)13-26(31)33)27(34)29-24(14-21(5)32)22-15-23(17-28-16-22)30-10-7-6-8-20(30)4/h9,11,13,15-18,20,24-25H,6-8,10,12,14H2,1-5H3,(H,29,34)/t20-,24-,25-/m0/s1. The predicted molar refractivity (Wildman–Crippen MR) is 135 cm³/mol. The zero-order chi connectivity index (χ0) is 24.8. The smallest absolute Gasteiger partial charge is 0.251 e. The molecule has 3 rings (SSSR count). The molecule has 1 amide bonds. The Bertz CT molecular complexity index is 1060. The van der Waals surface area contributed by atoms with Crippen LogP contribution in [-0.2, 0) is 9.59 Å². The van der Waals surface area contributed by atoms with E-state index in [1.165, 1.54) is 17.9 Å². The van der Waals surface area contributed by atoms with Crippen molar-refractivity contribution in [3.8, 4) is 0 Å². The SMILES string of the molecule is CC(=O)C[C@H](NC(=O)[C@H](CC(C)C)n1ccc(C)cc1=O)c1cncc(N2CCCC[C@@H]2C)c1. The lowest BCUT2D eigenvalue weighted by molar-refractivity contribution is -0.126. The first kappa shape index (κ1) is 25.7. The molecule has 0 saturated carbocycles. The van der Waals surface area contributed by atoms with E-state index in [4.69, 9.17) is 0 Å². The zero-order valence-electron chi connectivity index (χ0n) is 21.1. The third-order valence-corrected chi connectivity index (χ3v) is 6.53. The summed E-state index contributed by atoms with van der Waals surface area (Å²) in [4.78, 5) is 45.1. The van der Waals surface area contributed by atoms with Crippen LogP contribution in [0.25, 0.3) is 0 Å². The molecule has 7 heteroatoms. The third-order valence-electron chi connectivity index (χ3n) is 6.53. The molecule has 0 aliphatic carbocycles. The Morgan fingerprint density at radius 1 is 1.21 bits per heavy atom. The number of rotatable bonds is 9. The number of Topliss-reactive ketones (excluding diaryl/α,β-unsaturated/α-hetero) is 1. The van der Waals surface area contributed by atoms with Crippen molar-refractivity contribution in [2.24, 2.45) is 5.92 Å². The van der Waals surface area contributed by atoms with Gasteiger partial charge in [0.15, 0.2) is 0 Å². The molecule has 0 aromatic carbocycles. The molecule has 7 nitrogen and oxygen atoms in total. The van der Waals surface area contributed by atoms with Crippen molar-refractivity contribution < 1.29 is 9.59 Å². The van der Waals surface area contributed by atoms with Crippen LogP contribution in [-0.4, -0.2) is 33.8 Å². The molecule has 0 bridgehead atoms. The van der Waals surface area contributed by atoms with Gasteiger partial charge in [0.05, 0.1) is 17.9 Å². The predicted octanol–water partition coefficient (Wildman–Crippen LogP) is 4.35. The molecule has 0 radical (unpaired) electrons. The number of anilines is 1. The van der Waals surface area contributed by atoms with Gasteiger partial charge in [0.1, 0.15) is 11.8 Å². The lowest BCUT2D eigenvalue weighted by atomic mass is 9.98. The van der Waals surface area contributed by atoms with Gasteiger partial charge < -0.3 is 14.8 Å². The van der Waals surface area contributed by atoms with E-state index < -0.39 is 12.1 Å². The number of carbonyl (C=O) groups is 2. The van der Waals surface area contributed by atoms with Crippen molar-refractivity contribution in [2.45, 2.75) is 84.8 Å². The first-order valence-corrected chi connectivity index (χ1v) is 12.4. The molecule has 0 spiro atoms. The highest BCUT2D eigenvalue weighted by Gasteiger charge is 2.27. The number of aromatic nitrogens is 2. The number of nitrogens with zero attached hydrogens (tertiary/aromatic N) is 3. The molecule has 0 unspecified atom stereocenters. The van der Waals surface area contributed by atoms with E-state index in [0.717, 1.165) is 36.2 Å². The second-order valence-electron chi connectivity index (χ2n) is 10.1. The average Bonchev–Trinajstić information content (AvgIpc) is 2.77. The summed E-state index contributed by atoms with van der Waals surface area (Å²) in [5.41, 5.74) is 2.47. The van der Waals surface area contributed by atoms with Gasteiger partial charge in [-0.25, -0.2) is 0 Å². The Kier molecular flexibility index (Phi) is 8.64. The normalized spacial score (nSPS) is 17.9. The monoisotopic (exact) mass is 466 g/mol. The summed E-state index contributed by atoms with van der Waals surface area (Å²) in [6, 6.07) is 4.69. The number of ketones is 1. The van der Waals surface area contributed by atoms with Crippen LogP contribution in [0.2, 0.25) is 0 Å². The van der Waals surface area contributed by atoms with Gasteiger partial charge in [-0.3, -0.25) is 19.4 Å². The van der Waals surface area contributed by atoms with Crippen molar-refractivity contribution in [3.63, 3.8) is 0 Å². The Balaban J connectivity index is 1.90. The largest absolute Gasteiger partial charge is 0.368 e. The van der Waals surface area contributed by atoms with Crippen LogP contribution in [0.4, 0.5) is 5.69 Å². The van der Waals surface area contributed by atoms with Gasteiger partial charge in [-0.05, 0) is 75.6 Å². The van der Waals surface area contributed by atoms with Crippen LogP contribution in [0.1, 0.15) is 83.0 Å². The van der Waals surface area contributed by atoms with Crippen LogP contribution < -0.4 is 15.8 Å². The van der Waals surface area contributed by atoms with Gasteiger partial charge in [-0.2, -0.15) is 0 Å². The number of hydrogen-bond donors (Lipinski definition) is 1. The van der Waals surface area contributed by atoms with Crippen molar-refractivity contribution in [1.82, 2.24) is 14.9 Å². The highest BCUT2D eigenvalue weighted by atomic mass is 16.2. The third kappa shape index (κ3) is 6.55. The quantitative estimate of drug-likeness (QED) is 0.594. The molecule has 1 N–H and O–H groups in total. The van der Waals surface area contributed by atoms with Crippen LogP contribution in [0.5, 0.6) is 0 Å². The fourth-order valence-electron chi connectivity index (χ4n) is 4.72. The van der Waals surface area contributed by atoms with Gasteiger partial charge in [-0.15, -0.1) is 0 Å². The minimum Gasteiger partial charge on any atom is -0.368 e. The number of hydrogen-bond acceptors (Lipinski definition) is 5. The van der Waals surface area contributed by atoms with Gasteiger partial charge >= 0.3 is 0 Å². The molecular formula is C27H38N4O3. The Labute approximate surface area is 202 Å². The lowest BCUT2D eigenvalue weighted by Gasteiger charge is -2.35. The highest BCUT2D eigenvalue weighted by Crippen LogP contribution is 2.28. The van der Waals surface area contributed by atoms with Gasteiger partial charge in [-0.1, -0.05) is 13.8 Å². The van der Waals surface area contributed by atoms with Crippen LogP contribution in [0.3, 0.4) is 0 Å². The molecule has 1 fully saturated rings. The summed E-state index contributed by atoms with van der Waals surface area (Å²) in [5, 5.41) is 3.07. The van der Waals surface area contributed by atoms with Gasteiger partial charge in [0, 0.05) is 37.5 Å². The maximum absolute atomic E-state index is 13.5. The van der Waals surface area contributed by atoms with Crippen molar-refractivity contribution >= 4 is 17.4 Å². The van der Waals surface area contributed by atoms with E-state index in [0.29, 0.717) is 12.5 Å². The number of carbonyl (C=O) groups excluding carboxylic acids is 2. The molecule has 2 aromatic heterocycles. The zero-order valence-corrected chi connectivity index (χ0v) is 21.1. The summed E-state index contributed by atoms with van der Waals surface area (Å²) < 4.78 is 1.50. The van der Waals surface area contributed by atoms with Crippen molar-refractivity contribution in [3.05, 3.63) is 58.3 Å². The Hall–Kier alpha value is -2.96. The number of amides is 1. The second-order valence-corrected chi connectivity index (χ2v) is 10.1. The van der Waals surface area contributed by atoms with E-state index in [1.54, 1.807) is 18.5 Å². The molecular weight excluding hydrogens is 428 g/mol. The van der Waals surface area contributed by atoms with Crippen molar-refractivity contribution in [2.75, 3.05) is 11.4 Å². The maximum Gasteiger partial charge on any atom is 0.251 e. The minimum absolute atomic E-state index is 0.0186. The van der Waals surface area contributed by atoms with Gasteiger partial charge in [0.25, 0.3) is 5.56 Å². The Morgan fingerprint density at radius 2 is 1.97 bits per heavy atom. The maximum atomic E-state index is 13.5. The fourth-order valence-corrected chi connectivity index (χ4v) is 4.72. The number of nitrogens with one attached hydrogen (secondary N) is 1. The molecule has 3 heterocycles. The van der Waals surface area contributed by atoms with Gasteiger partial charge in [0.2, 0.25) is 5.91 Å². The van der Waals surface area contributed by atoms with E-state index in [-0.39, 0.29) is 29.6 Å². The second kappa shape index (κ2) is 11.4. The van der Waals surface area contributed by atoms with E-state index in [1.807, 2.05) is 39.1 Å². The molecule has 34 heavy (non-hydrogen) atoms. The average molecular weight is 467 g/mol. The first-order valence-electron chi connectivity index (χ1n) is 12.4. The molecule has 1 saturated heterocycles. The van der Waals surface area contributed by atoms with E-state index >= 15 is 0 Å². The molecule has 184 valence electrons.